The topological polar surface area (TPSA) is 52.6 Å². The largest absolute Gasteiger partial charge is 0.459 e. The number of carbonyl (C=O) groups excluding carboxylic acids is 2. The summed E-state index contributed by atoms with van der Waals surface area (Å²) in [5.41, 5.74) is 0.478. The summed E-state index contributed by atoms with van der Waals surface area (Å²) in [6.07, 6.45) is -0.472. The summed E-state index contributed by atoms with van der Waals surface area (Å²) in [5.74, 6) is -1.02. The minimum atomic E-state index is -0.512. The van der Waals surface area contributed by atoms with Gasteiger partial charge in [-0.05, 0) is 68.5 Å². The van der Waals surface area contributed by atoms with Crippen LogP contribution in [0.25, 0.3) is 0 Å². The van der Waals surface area contributed by atoms with Gasteiger partial charge in [-0.3, -0.25) is 0 Å². The van der Waals surface area contributed by atoms with Gasteiger partial charge in [0.15, 0.2) is 0 Å². The highest BCUT2D eigenvalue weighted by Gasteiger charge is 2.21. The highest BCUT2D eigenvalue weighted by atomic mass is 127. The maximum absolute atomic E-state index is 12.0. The Morgan fingerprint density at radius 3 is 1.89 bits per heavy atom. The molecule has 0 spiro atoms. The third-order valence-electron chi connectivity index (χ3n) is 2.11. The number of ether oxygens (including phenoxy) is 2. The number of benzene rings is 1. The third-order valence-corrected chi connectivity index (χ3v) is 2.78. The van der Waals surface area contributed by atoms with Crippen LogP contribution in [0.3, 0.4) is 0 Å². The van der Waals surface area contributed by atoms with Gasteiger partial charge in [0.1, 0.15) is 0 Å². The minimum Gasteiger partial charge on any atom is -0.459 e. The van der Waals surface area contributed by atoms with Crippen molar-refractivity contribution in [2.24, 2.45) is 0 Å². The lowest BCUT2D eigenvalue weighted by Crippen LogP contribution is -2.19. The van der Waals surface area contributed by atoms with Gasteiger partial charge in [-0.1, -0.05) is 0 Å². The zero-order valence-corrected chi connectivity index (χ0v) is 13.6. The first-order valence-corrected chi connectivity index (χ1v) is 7.10. The fraction of sp³-hybridized carbons (Fsp3) is 0.429. The molecule has 0 bridgehead atoms. The Hall–Kier alpha value is -1.11. The maximum atomic E-state index is 12.0. The third kappa shape index (κ3) is 4.81. The first-order valence-electron chi connectivity index (χ1n) is 6.02. The molecule has 104 valence electrons. The standard InChI is InChI=1S/C14H17IO4/c1-8(2)18-13(16)11-6-5-10(15)7-12(11)14(17)19-9(3)4/h5-9H,1-4H3. The normalized spacial score (nSPS) is 10.7. The monoisotopic (exact) mass is 376 g/mol. The van der Waals surface area contributed by atoms with E-state index in [4.69, 9.17) is 9.47 Å². The van der Waals surface area contributed by atoms with Crippen LogP contribution in [0.4, 0.5) is 0 Å². The summed E-state index contributed by atoms with van der Waals surface area (Å²) in [5, 5.41) is 0. The molecule has 0 radical (unpaired) electrons. The Labute approximate surface area is 126 Å². The van der Waals surface area contributed by atoms with Crippen LogP contribution in [0.1, 0.15) is 48.4 Å². The fourth-order valence-electron chi connectivity index (χ4n) is 1.42. The summed E-state index contributed by atoms with van der Waals surface area (Å²) < 4.78 is 11.1. The van der Waals surface area contributed by atoms with Crippen LogP contribution in [0.5, 0.6) is 0 Å². The van der Waals surface area contributed by atoms with E-state index in [9.17, 15) is 9.59 Å². The van der Waals surface area contributed by atoms with Crippen LogP contribution in [-0.2, 0) is 9.47 Å². The van der Waals surface area contributed by atoms with Gasteiger partial charge >= 0.3 is 11.9 Å². The molecule has 4 nitrogen and oxygen atoms in total. The predicted octanol–water partition coefficient (Wildman–Crippen LogP) is 3.42. The van der Waals surface area contributed by atoms with Gasteiger partial charge in [0.2, 0.25) is 0 Å². The first-order chi connectivity index (χ1) is 8.81. The Kier molecular flexibility index (Phi) is 5.78. The highest BCUT2D eigenvalue weighted by Crippen LogP contribution is 2.17. The zero-order chi connectivity index (χ0) is 14.6. The molecule has 0 aliphatic carbocycles. The van der Waals surface area contributed by atoms with E-state index in [1.165, 1.54) is 0 Å². The van der Waals surface area contributed by atoms with Crippen molar-refractivity contribution in [3.8, 4) is 0 Å². The lowest BCUT2D eigenvalue weighted by atomic mass is 10.1. The number of carbonyl (C=O) groups is 2. The molecular formula is C14H17IO4. The molecule has 0 aromatic heterocycles. The second-order valence-electron chi connectivity index (χ2n) is 4.60. The number of esters is 2. The van der Waals surface area contributed by atoms with Gasteiger partial charge in [-0.25, -0.2) is 9.59 Å². The quantitative estimate of drug-likeness (QED) is 0.597. The molecular weight excluding hydrogens is 359 g/mol. The second kappa shape index (κ2) is 6.88. The van der Waals surface area contributed by atoms with E-state index in [2.05, 4.69) is 22.6 Å². The molecule has 0 N–H and O–H groups in total. The Bertz CT molecular complexity index is 480. The molecule has 1 aromatic carbocycles. The number of rotatable bonds is 4. The summed E-state index contributed by atoms with van der Waals surface area (Å²) in [6, 6.07) is 4.97. The van der Waals surface area contributed by atoms with E-state index in [0.29, 0.717) is 0 Å². The summed E-state index contributed by atoms with van der Waals surface area (Å²) >= 11 is 2.08. The molecule has 0 fully saturated rings. The SMILES string of the molecule is CC(C)OC(=O)c1ccc(I)cc1C(=O)OC(C)C. The van der Waals surface area contributed by atoms with Crippen molar-refractivity contribution < 1.29 is 19.1 Å². The molecule has 1 aromatic rings. The summed E-state index contributed by atoms with van der Waals surface area (Å²) in [7, 11) is 0. The van der Waals surface area contributed by atoms with Crippen LogP contribution >= 0.6 is 22.6 Å². The predicted molar refractivity (Wildman–Crippen MR) is 80.3 cm³/mol. The zero-order valence-electron chi connectivity index (χ0n) is 11.4. The Morgan fingerprint density at radius 1 is 0.947 bits per heavy atom. The fourth-order valence-corrected chi connectivity index (χ4v) is 1.91. The van der Waals surface area contributed by atoms with E-state index in [1.54, 1.807) is 45.9 Å². The molecule has 19 heavy (non-hydrogen) atoms. The van der Waals surface area contributed by atoms with Crippen molar-refractivity contribution in [1.82, 2.24) is 0 Å². The second-order valence-corrected chi connectivity index (χ2v) is 5.84. The van der Waals surface area contributed by atoms with Crippen molar-refractivity contribution in [3.05, 3.63) is 32.9 Å². The molecule has 1 rings (SSSR count). The van der Waals surface area contributed by atoms with E-state index < -0.39 is 11.9 Å². The van der Waals surface area contributed by atoms with Crippen LogP contribution in [-0.4, -0.2) is 24.1 Å². The maximum Gasteiger partial charge on any atom is 0.339 e. The van der Waals surface area contributed by atoms with E-state index in [-0.39, 0.29) is 23.3 Å². The minimum absolute atomic E-state index is 0.235. The lowest BCUT2D eigenvalue weighted by molar-refractivity contribution is 0.0328. The van der Waals surface area contributed by atoms with Crippen molar-refractivity contribution >= 4 is 34.5 Å². The average Bonchev–Trinajstić information content (AvgIpc) is 2.26. The smallest absolute Gasteiger partial charge is 0.339 e. The van der Waals surface area contributed by atoms with E-state index >= 15 is 0 Å². The molecule has 0 amide bonds. The summed E-state index contributed by atoms with van der Waals surface area (Å²) in [4.78, 5) is 23.9. The van der Waals surface area contributed by atoms with Crippen LogP contribution in [0.2, 0.25) is 0 Å². The van der Waals surface area contributed by atoms with Gasteiger partial charge in [0, 0.05) is 3.57 Å². The molecule has 0 saturated carbocycles. The van der Waals surface area contributed by atoms with Crippen LogP contribution in [0.15, 0.2) is 18.2 Å². The molecule has 5 heteroatoms. The molecule has 0 atom stereocenters. The van der Waals surface area contributed by atoms with Gasteiger partial charge in [0.25, 0.3) is 0 Å². The van der Waals surface area contributed by atoms with Crippen molar-refractivity contribution in [2.45, 2.75) is 39.9 Å². The van der Waals surface area contributed by atoms with Gasteiger partial charge in [-0.2, -0.15) is 0 Å². The van der Waals surface area contributed by atoms with Crippen molar-refractivity contribution in [1.29, 1.82) is 0 Å². The Balaban J connectivity index is 3.11. The number of hydrogen-bond donors (Lipinski definition) is 0. The lowest BCUT2D eigenvalue weighted by Gasteiger charge is -2.13. The van der Waals surface area contributed by atoms with E-state index in [1.807, 2.05) is 0 Å². The van der Waals surface area contributed by atoms with Gasteiger partial charge in [-0.15, -0.1) is 0 Å². The molecule has 0 aliphatic rings. The first kappa shape index (κ1) is 15.9. The number of hydrogen-bond acceptors (Lipinski definition) is 4. The highest BCUT2D eigenvalue weighted by molar-refractivity contribution is 14.1. The molecule has 0 aliphatic heterocycles. The summed E-state index contributed by atoms with van der Waals surface area (Å²) in [6.45, 7) is 7.04. The molecule has 0 heterocycles. The van der Waals surface area contributed by atoms with E-state index in [0.717, 1.165) is 3.57 Å². The van der Waals surface area contributed by atoms with Gasteiger partial charge < -0.3 is 9.47 Å². The van der Waals surface area contributed by atoms with Crippen LogP contribution in [0, 0.1) is 3.57 Å². The van der Waals surface area contributed by atoms with Crippen LogP contribution < -0.4 is 0 Å². The van der Waals surface area contributed by atoms with Crippen molar-refractivity contribution in [2.75, 3.05) is 0 Å². The average molecular weight is 376 g/mol. The molecule has 0 saturated heterocycles. The Morgan fingerprint density at radius 2 is 1.42 bits per heavy atom. The number of halogens is 1. The van der Waals surface area contributed by atoms with Crippen molar-refractivity contribution in [3.63, 3.8) is 0 Å². The van der Waals surface area contributed by atoms with Gasteiger partial charge in [0.05, 0.1) is 23.3 Å². The molecule has 0 unspecified atom stereocenters.